The third kappa shape index (κ3) is 2.21. The van der Waals surface area contributed by atoms with Crippen molar-refractivity contribution in [3.63, 3.8) is 0 Å². The van der Waals surface area contributed by atoms with Crippen LogP contribution in [0.4, 0.5) is 0 Å². The fraction of sp³-hybridized carbons (Fsp3) is 0.538. The smallest absolute Gasteiger partial charge is 0.0854 e. The molecule has 0 spiro atoms. The molecule has 1 aromatic carbocycles. The fourth-order valence-corrected chi connectivity index (χ4v) is 2.42. The summed E-state index contributed by atoms with van der Waals surface area (Å²) in [5.41, 5.74) is 1.42. The molecule has 0 amide bonds. The molecule has 0 aromatic heterocycles. The predicted molar refractivity (Wildman–Crippen MR) is 59.6 cm³/mol. The Morgan fingerprint density at radius 2 is 1.73 bits per heavy atom. The summed E-state index contributed by atoms with van der Waals surface area (Å²) in [5, 5.41) is 0. The van der Waals surface area contributed by atoms with Crippen LogP contribution in [0.15, 0.2) is 30.3 Å². The number of fused-ring (bicyclic) bond motifs is 1. The van der Waals surface area contributed by atoms with E-state index in [1.54, 1.807) is 0 Å². The van der Waals surface area contributed by atoms with Gasteiger partial charge in [0.2, 0.25) is 0 Å². The van der Waals surface area contributed by atoms with Crippen molar-refractivity contribution in [2.75, 3.05) is 13.1 Å². The first kappa shape index (κ1) is 9.37. The quantitative estimate of drug-likeness (QED) is 0.684. The summed E-state index contributed by atoms with van der Waals surface area (Å²) in [4.78, 5) is 2.55. The number of benzene rings is 1. The van der Waals surface area contributed by atoms with Gasteiger partial charge >= 0.3 is 0 Å². The zero-order valence-corrected chi connectivity index (χ0v) is 8.93. The Morgan fingerprint density at radius 3 is 2.40 bits per heavy atom. The highest BCUT2D eigenvalue weighted by molar-refractivity contribution is 5.14. The van der Waals surface area contributed by atoms with E-state index in [2.05, 4.69) is 35.2 Å². The molecule has 3 rings (SSSR count). The molecule has 2 nitrogen and oxygen atoms in total. The molecule has 2 aliphatic heterocycles. The van der Waals surface area contributed by atoms with Gasteiger partial charge in [0, 0.05) is 19.6 Å². The van der Waals surface area contributed by atoms with E-state index in [4.69, 9.17) is 4.74 Å². The van der Waals surface area contributed by atoms with Gasteiger partial charge in [-0.15, -0.1) is 0 Å². The Labute approximate surface area is 90.8 Å². The molecule has 1 aromatic rings. The van der Waals surface area contributed by atoms with E-state index in [1.165, 1.54) is 31.5 Å². The minimum atomic E-state index is 0.589. The van der Waals surface area contributed by atoms with Crippen LogP contribution in [0, 0.1) is 0 Å². The molecular weight excluding hydrogens is 186 g/mol. The molecular formula is C13H17NO. The van der Waals surface area contributed by atoms with Crippen molar-refractivity contribution in [1.82, 2.24) is 4.90 Å². The first-order valence-corrected chi connectivity index (χ1v) is 5.83. The van der Waals surface area contributed by atoms with Crippen molar-refractivity contribution in [3.05, 3.63) is 35.9 Å². The van der Waals surface area contributed by atoms with E-state index in [1.807, 2.05) is 0 Å². The first-order chi connectivity index (χ1) is 7.42. The second kappa shape index (κ2) is 3.95. The van der Waals surface area contributed by atoms with Crippen LogP contribution in [0.5, 0.6) is 0 Å². The van der Waals surface area contributed by atoms with E-state index in [0.717, 1.165) is 6.54 Å². The van der Waals surface area contributed by atoms with Gasteiger partial charge in [0.15, 0.2) is 0 Å². The molecule has 15 heavy (non-hydrogen) atoms. The summed E-state index contributed by atoms with van der Waals surface area (Å²) >= 11 is 0. The van der Waals surface area contributed by atoms with Gasteiger partial charge in [-0.25, -0.2) is 0 Å². The summed E-state index contributed by atoms with van der Waals surface area (Å²) in [6.45, 7) is 3.48. The molecule has 2 heterocycles. The Bertz CT molecular complexity index is 313. The van der Waals surface area contributed by atoms with E-state index < -0.39 is 0 Å². The zero-order chi connectivity index (χ0) is 10.1. The highest BCUT2D eigenvalue weighted by Crippen LogP contribution is 2.31. The van der Waals surface area contributed by atoms with Crippen molar-refractivity contribution in [2.24, 2.45) is 0 Å². The number of epoxide rings is 1. The molecule has 2 heteroatoms. The van der Waals surface area contributed by atoms with Crippen LogP contribution in [0.1, 0.15) is 18.4 Å². The van der Waals surface area contributed by atoms with Crippen molar-refractivity contribution in [2.45, 2.75) is 31.6 Å². The molecule has 1 unspecified atom stereocenters. The van der Waals surface area contributed by atoms with Gasteiger partial charge in [-0.2, -0.15) is 0 Å². The average molecular weight is 203 g/mol. The Balaban J connectivity index is 1.59. The normalized spacial score (nSPS) is 30.7. The van der Waals surface area contributed by atoms with Crippen LogP contribution in [0.2, 0.25) is 0 Å². The summed E-state index contributed by atoms with van der Waals surface area (Å²) in [6, 6.07) is 10.7. The van der Waals surface area contributed by atoms with Crippen molar-refractivity contribution < 1.29 is 4.74 Å². The molecule has 0 aliphatic carbocycles. The lowest BCUT2D eigenvalue weighted by atomic mass is 10.2. The maximum Gasteiger partial charge on any atom is 0.0854 e. The maximum absolute atomic E-state index is 5.53. The lowest BCUT2D eigenvalue weighted by Crippen LogP contribution is -2.25. The lowest BCUT2D eigenvalue weighted by molar-refractivity contribution is 0.225. The Hall–Kier alpha value is -0.860. The summed E-state index contributed by atoms with van der Waals surface area (Å²) in [7, 11) is 0. The predicted octanol–water partition coefficient (Wildman–Crippen LogP) is 2.05. The van der Waals surface area contributed by atoms with Crippen LogP contribution in [-0.4, -0.2) is 30.2 Å². The number of likely N-dealkylation sites (tertiary alicyclic amines) is 1. The molecule has 2 fully saturated rings. The van der Waals surface area contributed by atoms with Crippen LogP contribution in [0.25, 0.3) is 0 Å². The fourth-order valence-electron chi connectivity index (χ4n) is 2.42. The van der Waals surface area contributed by atoms with Gasteiger partial charge in [-0.3, -0.25) is 4.90 Å². The molecule has 2 saturated heterocycles. The van der Waals surface area contributed by atoms with Gasteiger partial charge in [-0.05, 0) is 18.4 Å². The Morgan fingerprint density at radius 1 is 1.07 bits per heavy atom. The molecule has 0 radical (unpaired) electrons. The number of nitrogens with zero attached hydrogens (tertiary/aromatic N) is 1. The number of hydrogen-bond acceptors (Lipinski definition) is 2. The third-order valence-electron chi connectivity index (χ3n) is 3.40. The second-order valence-electron chi connectivity index (χ2n) is 4.55. The molecule has 0 saturated carbocycles. The minimum Gasteiger partial charge on any atom is -0.369 e. The number of rotatable bonds is 2. The number of ether oxygens (including phenoxy) is 1. The van der Waals surface area contributed by atoms with E-state index in [0.29, 0.717) is 12.2 Å². The van der Waals surface area contributed by atoms with Gasteiger partial charge in [0.1, 0.15) is 0 Å². The average Bonchev–Trinajstić information content (AvgIpc) is 3.02. The van der Waals surface area contributed by atoms with Crippen LogP contribution in [-0.2, 0) is 11.3 Å². The van der Waals surface area contributed by atoms with Gasteiger partial charge < -0.3 is 4.74 Å². The minimum absolute atomic E-state index is 0.589. The molecule has 0 N–H and O–H groups in total. The third-order valence-corrected chi connectivity index (χ3v) is 3.40. The molecule has 80 valence electrons. The molecule has 2 aliphatic rings. The Kier molecular flexibility index (Phi) is 2.47. The van der Waals surface area contributed by atoms with Crippen molar-refractivity contribution in [1.29, 1.82) is 0 Å². The van der Waals surface area contributed by atoms with E-state index >= 15 is 0 Å². The monoisotopic (exact) mass is 203 g/mol. The summed E-state index contributed by atoms with van der Waals surface area (Å²) < 4.78 is 5.53. The summed E-state index contributed by atoms with van der Waals surface area (Å²) in [6.07, 6.45) is 3.62. The largest absolute Gasteiger partial charge is 0.369 e. The van der Waals surface area contributed by atoms with Crippen molar-refractivity contribution in [3.8, 4) is 0 Å². The summed E-state index contributed by atoms with van der Waals surface area (Å²) in [5.74, 6) is 0. The van der Waals surface area contributed by atoms with Gasteiger partial charge in [-0.1, -0.05) is 30.3 Å². The van der Waals surface area contributed by atoms with Gasteiger partial charge in [0.25, 0.3) is 0 Å². The zero-order valence-electron chi connectivity index (χ0n) is 8.93. The van der Waals surface area contributed by atoms with Crippen LogP contribution in [0.3, 0.4) is 0 Å². The van der Waals surface area contributed by atoms with Crippen LogP contribution < -0.4 is 0 Å². The second-order valence-corrected chi connectivity index (χ2v) is 4.55. The highest BCUT2D eigenvalue weighted by atomic mass is 16.6. The maximum atomic E-state index is 5.53. The highest BCUT2D eigenvalue weighted by Gasteiger charge is 2.40. The first-order valence-electron chi connectivity index (χ1n) is 5.83. The topological polar surface area (TPSA) is 15.8 Å². The van der Waals surface area contributed by atoms with E-state index in [-0.39, 0.29) is 0 Å². The number of hydrogen-bond donors (Lipinski definition) is 0. The van der Waals surface area contributed by atoms with Crippen molar-refractivity contribution >= 4 is 0 Å². The van der Waals surface area contributed by atoms with Crippen LogP contribution >= 0.6 is 0 Å². The molecule has 2 atom stereocenters. The van der Waals surface area contributed by atoms with E-state index in [9.17, 15) is 0 Å². The molecule has 0 bridgehead atoms. The van der Waals surface area contributed by atoms with Gasteiger partial charge in [0.05, 0.1) is 12.2 Å². The lowest BCUT2D eigenvalue weighted by Gasteiger charge is -2.20. The standard InChI is InChI=1S/C13H17NO/c1-2-4-11(5-3-1)10-14-8-6-12-13(15-12)7-9-14/h1-5,12-13H,6-10H2/t12-,13?/m1/s1. The SMILES string of the molecule is c1ccc(CN2CCC3O[C@@H]3CC2)cc1.